The third-order valence-electron chi connectivity index (χ3n) is 2.36. The smallest absolute Gasteiger partial charge is 0.233 e. The van der Waals surface area contributed by atoms with Gasteiger partial charge < -0.3 is 20.5 Å². The Bertz CT molecular complexity index is 444. The molecule has 5 nitrogen and oxygen atoms in total. The molecule has 0 heterocycles. The molecule has 1 rings (SSSR count). The summed E-state index contributed by atoms with van der Waals surface area (Å²) in [6.07, 6.45) is -0.750. The van der Waals surface area contributed by atoms with Gasteiger partial charge in [0, 0.05) is 24.2 Å². The molecule has 1 unspecified atom stereocenters. The van der Waals surface area contributed by atoms with E-state index in [1.807, 2.05) is 6.92 Å². The predicted octanol–water partition coefficient (Wildman–Crippen LogP) is 1.46. The van der Waals surface area contributed by atoms with Crippen molar-refractivity contribution in [3.05, 3.63) is 28.2 Å². The second-order valence-corrected chi connectivity index (χ2v) is 4.97. The van der Waals surface area contributed by atoms with Crippen molar-refractivity contribution in [1.29, 1.82) is 0 Å². The summed E-state index contributed by atoms with van der Waals surface area (Å²) >= 11 is 11.7. The maximum Gasteiger partial charge on any atom is 0.233 e. The number of carbonyl (C=O) groups is 1. The van der Waals surface area contributed by atoms with Crippen LogP contribution in [0.25, 0.3) is 0 Å². The van der Waals surface area contributed by atoms with Gasteiger partial charge in [-0.3, -0.25) is 4.79 Å². The zero-order valence-electron chi connectivity index (χ0n) is 11.2. The lowest BCUT2D eigenvalue weighted by Crippen LogP contribution is -2.38. The van der Waals surface area contributed by atoms with Crippen molar-refractivity contribution in [3.63, 3.8) is 0 Å². The van der Waals surface area contributed by atoms with Crippen molar-refractivity contribution in [2.75, 3.05) is 26.2 Å². The molecule has 1 atom stereocenters. The Labute approximate surface area is 128 Å². The molecular formula is C13H18Cl2N2O3. The summed E-state index contributed by atoms with van der Waals surface area (Å²) in [7, 11) is 0. The first kappa shape index (κ1) is 17.0. The quantitative estimate of drug-likeness (QED) is 0.678. The molecule has 0 spiro atoms. The van der Waals surface area contributed by atoms with Crippen LogP contribution in [0.3, 0.4) is 0 Å². The van der Waals surface area contributed by atoms with Gasteiger partial charge in [0.25, 0.3) is 0 Å². The van der Waals surface area contributed by atoms with Gasteiger partial charge in [-0.05, 0) is 19.1 Å². The van der Waals surface area contributed by atoms with Crippen molar-refractivity contribution in [2.45, 2.75) is 13.0 Å². The number of hydrogen-bond donors (Lipinski definition) is 3. The van der Waals surface area contributed by atoms with E-state index in [-0.39, 0.29) is 25.6 Å². The molecule has 3 N–H and O–H groups in total. The van der Waals surface area contributed by atoms with Crippen molar-refractivity contribution >= 4 is 29.1 Å². The molecule has 0 aliphatic rings. The summed E-state index contributed by atoms with van der Waals surface area (Å²) in [6.45, 7) is 2.88. The number of halogens is 2. The summed E-state index contributed by atoms with van der Waals surface area (Å²) in [4.78, 5) is 11.2. The van der Waals surface area contributed by atoms with E-state index in [0.717, 1.165) is 0 Å². The Balaban J connectivity index is 2.27. The second-order valence-electron chi connectivity index (χ2n) is 4.12. The lowest BCUT2D eigenvalue weighted by Gasteiger charge is -2.14. The minimum atomic E-state index is -0.750. The highest BCUT2D eigenvalue weighted by molar-refractivity contribution is 6.34. The van der Waals surface area contributed by atoms with E-state index >= 15 is 0 Å². The van der Waals surface area contributed by atoms with Gasteiger partial charge >= 0.3 is 0 Å². The third kappa shape index (κ3) is 6.43. The first-order chi connectivity index (χ1) is 9.52. The summed E-state index contributed by atoms with van der Waals surface area (Å²) in [5.41, 5.74) is 0. The molecular weight excluding hydrogens is 303 g/mol. The molecule has 0 fully saturated rings. The van der Waals surface area contributed by atoms with E-state index in [1.165, 1.54) is 0 Å². The Morgan fingerprint density at radius 1 is 1.45 bits per heavy atom. The molecule has 1 aromatic carbocycles. The maximum absolute atomic E-state index is 11.2. The Morgan fingerprint density at radius 2 is 2.20 bits per heavy atom. The van der Waals surface area contributed by atoms with Gasteiger partial charge in [0.15, 0.2) is 0 Å². The number of amides is 1. The molecule has 0 aliphatic carbocycles. The number of hydrogen-bond acceptors (Lipinski definition) is 4. The zero-order chi connectivity index (χ0) is 15.0. The standard InChI is InChI=1S/C13H18Cl2N2O3/c1-2-17-13(19)7-16-6-10(18)8-20-12-5-9(14)3-4-11(12)15/h3-5,10,16,18H,2,6-8H2,1H3,(H,17,19). The van der Waals surface area contributed by atoms with Gasteiger partial charge in [-0.2, -0.15) is 0 Å². The maximum atomic E-state index is 11.2. The molecule has 0 bridgehead atoms. The van der Waals surface area contributed by atoms with Crippen LogP contribution in [0.2, 0.25) is 10.0 Å². The van der Waals surface area contributed by atoms with Crippen LogP contribution in [-0.2, 0) is 4.79 Å². The first-order valence-corrected chi connectivity index (χ1v) is 7.01. The number of carbonyl (C=O) groups excluding carboxylic acids is 1. The topological polar surface area (TPSA) is 70.6 Å². The summed E-state index contributed by atoms with van der Waals surface area (Å²) in [5, 5.41) is 16.1. The highest BCUT2D eigenvalue weighted by Crippen LogP contribution is 2.27. The Kier molecular flexibility index (Phi) is 7.69. The number of ether oxygens (including phenoxy) is 1. The van der Waals surface area contributed by atoms with E-state index in [2.05, 4.69) is 10.6 Å². The van der Waals surface area contributed by atoms with Crippen LogP contribution < -0.4 is 15.4 Å². The van der Waals surface area contributed by atoms with Crippen LogP contribution in [0.5, 0.6) is 5.75 Å². The van der Waals surface area contributed by atoms with Crippen LogP contribution in [0.15, 0.2) is 18.2 Å². The molecule has 7 heteroatoms. The normalized spacial score (nSPS) is 12.0. The second kappa shape index (κ2) is 9.02. The molecule has 0 aliphatic heterocycles. The molecule has 1 amide bonds. The molecule has 0 saturated heterocycles. The van der Waals surface area contributed by atoms with Gasteiger partial charge in [-0.1, -0.05) is 23.2 Å². The van der Waals surface area contributed by atoms with E-state index < -0.39 is 6.10 Å². The van der Waals surface area contributed by atoms with E-state index in [4.69, 9.17) is 27.9 Å². The van der Waals surface area contributed by atoms with Crippen LogP contribution in [0.4, 0.5) is 0 Å². The fourth-order valence-electron chi connectivity index (χ4n) is 1.44. The highest BCUT2D eigenvalue weighted by atomic mass is 35.5. The largest absolute Gasteiger partial charge is 0.489 e. The average Bonchev–Trinajstić information content (AvgIpc) is 2.40. The van der Waals surface area contributed by atoms with Crippen molar-refractivity contribution in [3.8, 4) is 5.75 Å². The minimum absolute atomic E-state index is 0.0580. The van der Waals surface area contributed by atoms with Crippen LogP contribution in [-0.4, -0.2) is 43.4 Å². The summed E-state index contributed by atoms with van der Waals surface area (Å²) in [5.74, 6) is 0.306. The van der Waals surface area contributed by atoms with Crippen LogP contribution in [0.1, 0.15) is 6.92 Å². The lowest BCUT2D eigenvalue weighted by molar-refractivity contribution is -0.120. The number of rotatable bonds is 8. The Hall–Kier alpha value is -1.01. The number of aliphatic hydroxyl groups excluding tert-OH is 1. The number of aliphatic hydroxyl groups is 1. The third-order valence-corrected chi connectivity index (χ3v) is 2.91. The molecule has 0 radical (unpaired) electrons. The highest BCUT2D eigenvalue weighted by Gasteiger charge is 2.08. The fourth-order valence-corrected chi connectivity index (χ4v) is 1.78. The van der Waals surface area contributed by atoms with Gasteiger partial charge in [0.2, 0.25) is 5.91 Å². The Morgan fingerprint density at radius 3 is 2.90 bits per heavy atom. The van der Waals surface area contributed by atoms with Crippen molar-refractivity contribution in [2.24, 2.45) is 0 Å². The predicted molar refractivity (Wildman–Crippen MR) is 79.5 cm³/mol. The minimum Gasteiger partial charge on any atom is -0.489 e. The lowest BCUT2D eigenvalue weighted by atomic mass is 10.3. The zero-order valence-corrected chi connectivity index (χ0v) is 12.7. The van der Waals surface area contributed by atoms with Gasteiger partial charge in [0.05, 0.1) is 11.6 Å². The fraction of sp³-hybridized carbons (Fsp3) is 0.462. The number of nitrogens with one attached hydrogen (secondary N) is 2. The molecule has 112 valence electrons. The summed E-state index contributed by atoms with van der Waals surface area (Å²) in [6, 6.07) is 4.86. The monoisotopic (exact) mass is 320 g/mol. The van der Waals surface area contributed by atoms with E-state index in [9.17, 15) is 9.90 Å². The molecule has 0 aromatic heterocycles. The first-order valence-electron chi connectivity index (χ1n) is 6.26. The van der Waals surface area contributed by atoms with Gasteiger partial charge in [-0.15, -0.1) is 0 Å². The van der Waals surface area contributed by atoms with Crippen LogP contribution >= 0.6 is 23.2 Å². The van der Waals surface area contributed by atoms with Crippen LogP contribution in [0, 0.1) is 0 Å². The molecule has 20 heavy (non-hydrogen) atoms. The average molecular weight is 321 g/mol. The van der Waals surface area contributed by atoms with Gasteiger partial charge in [0.1, 0.15) is 18.5 Å². The van der Waals surface area contributed by atoms with E-state index in [0.29, 0.717) is 22.3 Å². The van der Waals surface area contributed by atoms with Crippen molar-refractivity contribution in [1.82, 2.24) is 10.6 Å². The summed E-state index contributed by atoms with van der Waals surface area (Å²) < 4.78 is 5.38. The molecule has 1 aromatic rings. The number of likely N-dealkylation sites (N-methyl/N-ethyl adjacent to an activating group) is 1. The van der Waals surface area contributed by atoms with Crippen molar-refractivity contribution < 1.29 is 14.6 Å². The number of benzene rings is 1. The van der Waals surface area contributed by atoms with E-state index in [1.54, 1.807) is 18.2 Å². The SMILES string of the molecule is CCNC(=O)CNCC(O)COc1cc(Cl)ccc1Cl. The van der Waals surface area contributed by atoms with Gasteiger partial charge in [-0.25, -0.2) is 0 Å². The molecule has 0 saturated carbocycles.